The van der Waals surface area contributed by atoms with E-state index in [4.69, 9.17) is 4.74 Å². The second-order valence-electron chi connectivity index (χ2n) is 10.0. The Hall–Kier alpha value is -4.17. The fourth-order valence-electron chi connectivity index (χ4n) is 4.16. The zero-order chi connectivity index (χ0) is 28.7. The first-order chi connectivity index (χ1) is 19.4. The number of nitrogens with zero attached hydrogens (tertiary/aromatic N) is 1. The number of aliphatic hydroxyl groups excluding tert-OH is 1. The Bertz CT molecular complexity index is 1170. The molecule has 0 aliphatic carbocycles. The first kappa shape index (κ1) is 30.4. The Labute approximate surface area is 236 Å². The number of carbonyl (C=O) groups excluding carboxylic acids is 3. The minimum Gasteiger partial charge on any atom is -0.445 e. The predicted octanol–water partition coefficient (Wildman–Crippen LogP) is 4.27. The maximum Gasteiger partial charge on any atom is 0.407 e. The number of alkyl carbamates (subject to hydrolysis) is 1. The monoisotopic (exact) mass is 544 g/mol. The summed E-state index contributed by atoms with van der Waals surface area (Å²) in [6, 6.07) is 26.5. The number of hydrogen-bond donors (Lipinski definition) is 3. The number of urea groups is 1. The number of hydrogen-bond acceptors (Lipinski definition) is 5. The third-order valence-electron chi connectivity index (χ3n) is 6.56. The van der Waals surface area contributed by atoms with Crippen molar-refractivity contribution in [3.05, 3.63) is 108 Å². The molecule has 2 unspecified atom stereocenters. The molecule has 3 N–H and O–H groups in total. The van der Waals surface area contributed by atoms with Crippen LogP contribution in [0.3, 0.4) is 0 Å². The second-order valence-corrected chi connectivity index (χ2v) is 10.0. The van der Waals surface area contributed by atoms with Crippen LogP contribution < -0.4 is 10.6 Å². The van der Waals surface area contributed by atoms with Gasteiger partial charge in [0.25, 0.3) is 0 Å². The molecule has 1 radical (unpaired) electrons. The average Bonchev–Trinajstić information content (AvgIpc) is 2.97. The first-order valence-corrected chi connectivity index (χ1v) is 13.5. The SMILES string of the molecule is CC(C)[C@@H]([C]=O)NC(=O)N(CCc1ccccc1)CC(O)C(Cc1ccccc1)NC(=O)OCc1ccccc1. The highest BCUT2D eigenvalue weighted by Gasteiger charge is 2.28. The van der Waals surface area contributed by atoms with Crippen molar-refractivity contribution in [1.29, 1.82) is 0 Å². The van der Waals surface area contributed by atoms with Crippen LogP contribution in [0.4, 0.5) is 9.59 Å². The largest absolute Gasteiger partial charge is 0.445 e. The molecule has 0 fully saturated rings. The van der Waals surface area contributed by atoms with Crippen LogP contribution in [0.1, 0.15) is 30.5 Å². The zero-order valence-corrected chi connectivity index (χ0v) is 23.0. The van der Waals surface area contributed by atoms with Gasteiger partial charge in [-0.25, -0.2) is 9.59 Å². The molecule has 211 valence electrons. The van der Waals surface area contributed by atoms with E-state index in [1.165, 1.54) is 4.90 Å². The van der Waals surface area contributed by atoms with Crippen molar-refractivity contribution < 1.29 is 24.2 Å². The molecule has 8 nitrogen and oxygen atoms in total. The lowest BCUT2D eigenvalue weighted by Crippen LogP contribution is -2.54. The molecule has 0 heterocycles. The van der Waals surface area contributed by atoms with Crippen molar-refractivity contribution >= 4 is 18.4 Å². The summed E-state index contributed by atoms with van der Waals surface area (Å²) in [7, 11) is 0. The summed E-state index contributed by atoms with van der Waals surface area (Å²) in [4.78, 5) is 38.9. The Balaban J connectivity index is 1.74. The molecule has 8 heteroatoms. The van der Waals surface area contributed by atoms with Gasteiger partial charge in [-0.15, -0.1) is 0 Å². The number of carbonyl (C=O) groups is 2. The molecule has 0 aliphatic rings. The maximum absolute atomic E-state index is 13.2. The van der Waals surface area contributed by atoms with Gasteiger partial charge < -0.3 is 25.4 Å². The molecule has 0 spiro atoms. The molecule has 3 aromatic rings. The summed E-state index contributed by atoms with van der Waals surface area (Å²) < 4.78 is 5.40. The maximum atomic E-state index is 13.2. The molecule has 0 aliphatic heterocycles. The quantitative estimate of drug-likeness (QED) is 0.281. The van der Waals surface area contributed by atoms with Gasteiger partial charge in [-0.2, -0.15) is 0 Å². The van der Waals surface area contributed by atoms with E-state index in [2.05, 4.69) is 10.6 Å². The van der Waals surface area contributed by atoms with Gasteiger partial charge in [0.1, 0.15) is 6.61 Å². The van der Waals surface area contributed by atoms with Crippen molar-refractivity contribution in [3.8, 4) is 0 Å². The Morgan fingerprint density at radius 1 is 0.850 bits per heavy atom. The summed E-state index contributed by atoms with van der Waals surface area (Å²) in [6.07, 6.45) is 0.966. The normalized spacial score (nSPS) is 13.1. The molecule has 0 bridgehead atoms. The third-order valence-corrected chi connectivity index (χ3v) is 6.56. The highest BCUT2D eigenvalue weighted by atomic mass is 16.5. The van der Waals surface area contributed by atoms with Crippen LogP contribution in [-0.2, 0) is 29.0 Å². The van der Waals surface area contributed by atoms with Crippen LogP contribution in [0.5, 0.6) is 0 Å². The zero-order valence-electron chi connectivity index (χ0n) is 23.0. The van der Waals surface area contributed by atoms with Gasteiger partial charge in [-0.05, 0) is 35.4 Å². The predicted molar refractivity (Wildman–Crippen MR) is 154 cm³/mol. The van der Waals surface area contributed by atoms with Gasteiger partial charge >= 0.3 is 12.1 Å². The van der Waals surface area contributed by atoms with Crippen LogP contribution >= 0.6 is 0 Å². The summed E-state index contributed by atoms with van der Waals surface area (Å²) >= 11 is 0. The van der Waals surface area contributed by atoms with Crippen molar-refractivity contribution in [2.24, 2.45) is 5.92 Å². The lowest BCUT2D eigenvalue weighted by molar-refractivity contribution is 0.0785. The number of rotatable bonds is 14. The second kappa shape index (κ2) is 16.1. The lowest BCUT2D eigenvalue weighted by Gasteiger charge is -2.31. The van der Waals surface area contributed by atoms with Crippen molar-refractivity contribution in [3.63, 3.8) is 0 Å². The van der Waals surface area contributed by atoms with Gasteiger partial charge in [-0.1, -0.05) is 105 Å². The van der Waals surface area contributed by atoms with E-state index in [9.17, 15) is 19.5 Å². The molecule has 40 heavy (non-hydrogen) atoms. The highest BCUT2D eigenvalue weighted by Crippen LogP contribution is 2.11. The molecule has 3 atom stereocenters. The molecule has 0 saturated carbocycles. The van der Waals surface area contributed by atoms with Gasteiger partial charge in [0.2, 0.25) is 6.29 Å². The standard InChI is InChI=1S/C32H38N3O5/c1-24(2)29(22-36)33-31(38)35(19-18-25-12-6-3-7-13-25)21-30(37)28(20-26-14-8-4-9-15-26)34-32(39)40-23-27-16-10-5-11-17-27/h3-17,24,28-30,37H,18-21,23H2,1-2H3,(H,33,38)(H,34,39)/t28?,29-,30?/m1/s1. The number of ether oxygens (including phenoxy) is 1. The first-order valence-electron chi connectivity index (χ1n) is 13.5. The van der Waals surface area contributed by atoms with E-state index in [0.29, 0.717) is 19.4 Å². The van der Waals surface area contributed by atoms with E-state index in [1.807, 2.05) is 111 Å². The smallest absolute Gasteiger partial charge is 0.407 e. The van der Waals surface area contributed by atoms with Crippen LogP contribution in [0.2, 0.25) is 0 Å². The molecular weight excluding hydrogens is 506 g/mol. The van der Waals surface area contributed by atoms with Gasteiger partial charge in [0, 0.05) is 6.54 Å². The molecular formula is C32H38N3O5. The molecule has 0 aromatic heterocycles. The number of amides is 3. The van der Waals surface area contributed by atoms with Crippen LogP contribution in [-0.4, -0.2) is 59.7 Å². The van der Waals surface area contributed by atoms with Crippen LogP contribution in [0, 0.1) is 5.92 Å². The van der Waals surface area contributed by atoms with E-state index >= 15 is 0 Å². The topological polar surface area (TPSA) is 108 Å². The van der Waals surface area contributed by atoms with Crippen molar-refractivity contribution in [2.45, 2.75) is 51.5 Å². The minimum atomic E-state index is -1.12. The molecule has 0 saturated heterocycles. The van der Waals surface area contributed by atoms with Crippen LogP contribution in [0.25, 0.3) is 0 Å². The molecule has 3 rings (SSSR count). The van der Waals surface area contributed by atoms with E-state index in [0.717, 1.165) is 16.7 Å². The lowest BCUT2D eigenvalue weighted by atomic mass is 10.0. The van der Waals surface area contributed by atoms with Gasteiger partial charge in [0.05, 0.1) is 24.7 Å². The summed E-state index contributed by atoms with van der Waals surface area (Å²) in [5.74, 6) is -0.144. The van der Waals surface area contributed by atoms with Gasteiger partial charge in [-0.3, -0.25) is 4.79 Å². The van der Waals surface area contributed by atoms with Crippen molar-refractivity contribution in [1.82, 2.24) is 15.5 Å². The fourth-order valence-corrected chi connectivity index (χ4v) is 4.16. The average molecular weight is 545 g/mol. The summed E-state index contributed by atoms with van der Waals surface area (Å²) in [5, 5.41) is 16.9. The minimum absolute atomic E-state index is 0.0706. The molecule has 3 aromatic carbocycles. The Kier molecular flexibility index (Phi) is 12.2. The summed E-state index contributed by atoms with van der Waals surface area (Å²) in [5.41, 5.74) is 2.78. The Morgan fingerprint density at radius 2 is 1.40 bits per heavy atom. The third kappa shape index (κ3) is 10.2. The van der Waals surface area contributed by atoms with E-state index in [-0.39, 0.29) is 19.1 Å². The van der Waals surface area contributed by atoms with E-state index < -0.39 is 30.3 Å². The number of nitrogens with one attached hydrogen (secondary N) is 2. The van der Waals surface area contributed by atoms with E-state index in [1.54, 1.807) is 0 Å². The van der Waals surface area contributed by atoms with Gasteiger partial charge in [0.15, 0.2) is 0 Å². The highest BCUT2D eigenvalue weighted by molar-refractivity contribution is 5.78. The van der Waals surface area contributed by atoms with Crippen molar-refractivity contribution in [2.75, 3.05) is 13.1 Å². The number of benzene rings is 3. The molecule has 3 amide bonds. The number of aliphatic hydroxyl groups is 1. The Morgan fingerprint density at radius 3 is 1.95 bits per heavy atom. The fraction of sp³-hybridized carbons (Fsp3) is 0.344. The van der Waals surface area contributed by atoms with Crippen LogP contribution in [0.15, 0.2) is 91.0 Å². The summed E-state index contributed by atoms with van der Waals surface area (Å²) in [6.45, 7) is 3.96.